The standard InChI is InChI=1S/C21H29N3O4/c1-3-21(15-10-12-17(28-2)13-11-15)19(26)24(20(27)23-21)14-18(25)22-16-8-6-4-5-7-9-16/h10-13,16H,3-9,14H2,1-2H3,(H,22,25)(H,23,27)/t21-/m1/s1. The molecule has 0 unspecified atom stereocenters. The number of hydrogen-bond donors (Lipinski definition) is 2. The van der Waals surface area contributed by atoms with Gasteiger partial charge in [0, 0.05) is 6.04 Å². The van der Waals surface area contributed by atoms with Crippen molar-refractivity contribution in [1.82, 2.24) is 15.5 Å². The Morgan fingerprint density at radius 2 is 1.82 bits per heavy atom. The lowest BCUT2D eigenvalue weighted by atomic mass is 9.87. The molecule has 1 aliphatic heterocycles. The Kier molecular flexibility index (Phi) is 6.21. The Morgan fingerprint density at radius 3 is 2.39 bits per heavy atom. The van der Waals surface area contributed by atoms with Crippen LogP contribution in [0.1, 0.15) is 57.4 Å². The second-order valence-electron chi connectivity index (χ2n) is 7.56. The Hall–Kier alpha value is -2.57. The average Bonchev–Trinajstić information content (AvgIpc) is 2.88. The van der Waals surface area contributed by atoms with Gasteiger partial charge in [0.1, 0.15) is 17.8 Å². The fourth-order valence-corrected chi connectivity index (χ4v) is 4.13. The van der Waals surface area contributed by atoms with Crippen LogP contribution in [0.25, 0.3) is 0 Å². The van der Waals surface area contributed by atoms with Crippen molar-refractivity contribution >= 4 is 17.8 Å². The van der Waals surface area contributed by atoms with Crippen LogP contribution in [0.4, 0.5) is 4.79 Å². The average molecular weight is 387 g/mol. The number of carbonyl (C=O) groups excluding carboxylic acids is 3. The number of methoxy groups -OCH3 is 1. The van der Waals surface area contributed by atoms with E-state index in [1.807, 2.05) is 6.92 Å². The van der Waals surface area contributed by atoms with Crippen LogP contribution < -0.4 is 15.4 Å². The van der Waals surface area contributed by atoms with E-state index in [9.17, 15) is 14.4 Å². The summed E-state index contributed by atoms with van der Waals surface area (Å²) in [5.41, 5.74) is -0.466. The second kappa shape index (κ2) is 8.63. The highest BCUT2D eigenvalue weighted by Crippen LogP contribution is 2.33. The summed E-state index contributed by atoms with van der Waals surface area (Å²) in [6, 6.07) is 6.67. The topological polar surface area (TPSA) is 87.7 Å². The summed E-state index contributed by atoms with van der Waals surface area (Å²) in [4.78, 5) is 39.2. The molecule has 0 bridgehead atoms. The predicted octanol–water partition coefficient (Wildman–Crippen LogP) is 2.69. The molecule has 1 heterocycles. The zero-order chi connectivity index (χ0) is 20.1. The summed E-state index contributed by atoms with van der Waals surface area (Å²) >= 11 is 0. The monoisotopic (exact) mass is 387 g/mol. The number of nitrogens with one attached hydrogen (secondary N) is 2. The van der Waals surface area contributed by atoms with Crippen molar-refractivity contribution in [3.05, 3.63) is 29.8 Å². The quantitative estimate of drug-likeness (QED) is 0.580. The van der Waals surface area contributed by atoms with E-state index in [-0.39, 0.29) is 24.4 Å². The van der Waals surface area contributed by atoms with E-state index in [1.165, 1.54) is 12.8 Å². The number of ether oxygens (including phenoxy) is 1. The van der Waals surface area contributed by atoms with Gasteiger partial charge in [0.05, 0.1) is 7.11 Å². The summed E-state index contributed by atoms with van der Waals surface area (Å²) in [5, 5.41) is 5.80. The Balaban J connectivity index is 1.71. The van der Waals surface area contributed by atoms with Gasteiger partial charge >= 0.3 is 6.03 Å². The molecular formula is C21H29N3O4. The molecule has 1 atom stereocenters. The molecule has 1 aliphatic carbocycles. The van der Waals surface area contributed by atoms with E-state index in [4.69, 9.17) is 4.74 Å². The minimum Gasteiger partial charge on any atom is -0.497 e. The first kappa shape index (κ1) is 20.2. The van der Waals surface area contributed by atoms with Crippen LogP contribution in [0.2, 0.25) is 0 Å². The van der Waals surface area contributed by atoms with Gasteiger partial charge in [-0.2, -0.15) is 0 Å². The Morgan fingerprint density at radius 1 is 1.18 bits per heavy atom. The number of amides is 4. The fourth-order valence-electron chi connectivity index (χ4n) is 4.13. The van der Waals surface area contributed by atoms with Crippen molar-refractivity contribution in [2.75, 3.05) is 13.7 Å². The Bertz CT molecular complexity index is 726. The minimum absolute atomic E-state index is 0.133. The number of benzene rings is 1. The molecule has 1 aromatic rings. The molecule has 1 saturated heterocycles. The van der Waals surface area contributed by atoms with Gasteiger partial charge in [-0.3, -0.25) is 14.5 Å². The van der Waals surface area contributed by atoms with Gasteiger partial charge in [-0.15, -0.1) is 0 Å². The van der Waals surface area contributed by atoms with E-state index >= 15 is 0 Å². The number of rotatable bonds is 6. The first-order valence-corrected chi connectivity index (χ1v) is 10.1. The number of imide groups is 1. The van der Waals surface area contributed by atoms with Crippen LogP contribution in [0, 0.1) is 0 Å². The molecule has 2 fully saturated rings. The van der Waals surface area contributed by atoms with Crippen LogP contribution in [-0.2, 0) is 15.1 Å². The fraction of sp³-hybridized carbons (Fsp3) is 0.571. The van der Waals surface area contributed by atoms with E-state index in [0.717, 1.165) is 30.6 Å². The predicted molar refractivity (Wildman–Crippen MR) is 105 cm³/mol. The van der Waals surface area contributed by atoms with Gasteiger partial charge < -0.3 is 15.4 Å². The zero-order valence-corrected chi connectivity index (χ0v) is 16.6. The maximum Gasteiger partial charge on any atom is 0.325 e. The van der Waals surface area contributed by atoms with Crippen molar-refractivity contribution in [2.24, 2.45) is 0 Å². The molecule has 7 heteroatoms. The van der Waals surface area contributed by atoms with Gasteiger partial charge in [-0.05, 0) is 37.0 Å². The number of hydrogen-bond acceptors (Lipinski definition) is 4. The van der Waals surface area contributed by atoms with Crippen LogP contribution in [0.3, 0.4) is 0 Å². The molecule has 2 N–H and O–H groups in total. The number of urea groups is 1. The van der Waals surface area contributed by atoms with Crippen LogP contribution in [0.15, 0.2) is 24.3 Å². The maximum absolute atomic E-state index is 13.1. The van der Waals surface area contributed by atoms with Crippen molar-refractivity contribution in [2.45, 2.75) is 63.5 Å². The van der Waals surface area contributed by atoms with E-state index in [1.54, 1.807) is 31.4 Å². The molecule has 4 amide bonds. The molecule has 3 rings (SSSR count). The van der Waals surface area contributed by atoms with Crippen LogP contribution in [0.5, 0.6) is 5.75 Å². The minimum atomic E-state index is -1.15. The molecule has 2 aliphatic rings. The van der Waals surface area contributed by atoms with Crippen LogP contribution >= 0.6 is 0 Å². The van der Waals surface area contributed by atoms with Crippen molar-refractivity contribution in [3.63, 3.8) is 0 Å². The zero-order valence-electron chi connectivity index (χ0n) is 16.6. The SMILES string of the molecule is CC[C@]1(c2ccc(OC)cc2)NC(=O)N(CC(=O)NC2CCCCCC2)C1=O. The highest BCUT2D eigenvalue weighted by molar-refractivity contribution is 6.09. The smallest absolute Gasteiger partial charge is 0.325 e. The van der Waals surface area contributed by atoms with Gasteiger partial charge in [0.25, 0.3) is 5.91 Å². The van der Waals surface area contributed by atoms with Gasteiger partial charge in [0.2, 0.25) is 5.91 Å². The molecule has 28 heavy (non-hydrogen) atoms. The summed E-state index contributed by atoms with van der Waals surface area (Å²) in [6.07, 6.45) is 6.90. The van der Waals surface area contributed by atoms with Crippen molar-refractivity contribution in [1.29, 1.82) is 0 Å². The lowest BCUT2D eigenvalue weighted by Crippen LogP contribution is -2.46. The lowest BCUT2D eigenvalue weighted by molar-refractivity contribution is -0.135. The first-order chi connectivity index (χ1) is 13.5. The Labute approximate surface area is 165 Å². The molecular weight excluding hydrogens is 358 g/mol. The molecule has 1 saturated carbocycles. The summed E-state index contributed by atoms with van der Waals surface area (Å²) in [6.45, 7) is 1.59. The summed E-state index contributed by atoms with van der Waals surface area (Å²) < 4.78 is 5.17. The molecule has 152 valence electrons. The normalized spacial score (nSPS) is 23.3. The van der Waals surface area contributed by atoms with Crippen LogP contribution in [-0.4, -0.2) is 42.4 Å². The third kappa shape index (κ3) is 3.98. The third-order valence-electron chi connectivity index (χ3n) is 5.81. The van der Waals surface area contributed by atoms with E-state index in [0.29, 0.717) is 17.7 Å². The second-order valence-corrected chi connectivity index (χ2v) is 7.56. The largest absolute Gasteiger partial charge is 0.497 e. The molecule has 0 radical (unpaired) electrons. The highest BCUT2D eigenvalue weighted by atomic mass is 16.5. The molecule has 7 nitrogen and oxygen atoms in total. The van der Waals surface area contributed by atoms with Gasteiger partial charge in [0.15, 0.2) is 0 Å². The van der Waals surface area contributed by atoms with Crippen molar-refractivity contribution < 1.29 is 19.1 Å². The highest BCUT2D eigenvalue weighted by Gasteiger charge is 2.51. The number of nitrogens with zero attached hydrogens (tertiary/aromatic N) is 1. The first-order valence-electron chi connectivity index (χ1n) is 10.1. The molecule has 1 aromatic carbocycles. The van der Waals surface area contributed by atoms with Crippen molar-refractivity contribution in [3.8, 4) is 5.75 Å². The maximum atomic E-state index is 13.1. The molecule has 0 aromatic heterocycles. The van der Waals surface area contributed by atoms with E-state index < -0.39 is 11.6 Å². The van der Waals surface area contributed by atoms with E-state index in [2.05, 4.69) is 10.6 Å². The van der Waals surface area contributed by atoms with Gasteiger partial charge in [-0.1, -0.05) is 44.7 Å². The summed E-state index contributed by atoms with van der Waals surface area (Å²) in [7, 11) is 1.57. The third-order valence-corrected chi connectivity index (χ3v) is 5.81. The van der Waals surface area contributed by atoms with Gasteiger partial charge in [-0.25, -0.2) is 4.79 Å². The lowest BCUT2D eigenvalue weighted by Gasteiger charge is -2.26. The summed E-state index contributed by atoms with van der Waals surface area (Å²) in [5.74, 6) is 0.00428. The number of carbonyl (C=O) groups is 3. The molecule has 0 spiro atoms.